The van der Waals surface area contributed by atoms with Crippen LogP contribution in [0.1, 0.15) is 55.6 Å². The zero-order valence-electron chi connectivity index (χ0n) is 19.8. The number of benzene rings is 2. The highest BCUT2D eigenvalue weighted by molar-refractivity contribution is 5.82. The highest BCUT2D eigenvalue weighted by Gasteiger charge is 2.45. The van der Waals surface area contributed by atoms with Gasteiger partial charge in [-0.15, -0.1) is 0 Å². The van der Waals surface area contributed by atoms with E-state index in [0.29, 0.717) is 19.4 Å². The van der Waals surface area contributed by atoms with Crippen molar-refractivity contribution in [2.45, 2.75) is 44.4 Å². The molecule has 0 aromatic heterocycles. The number of carbonyl (C=O) groups is 3. The Bertz CT molecular complexity index is 1080. The fourth-order valence-electron chi connectivity index (χ4n) is 5.95. The number of hydrogen-bond donors (Lipinski definition) is 3. The second-order valence-electron chi connectivity index (χ2n) is 10.2. The van der Waals surface area contributed by atoms with Crippen molar-refractivity contribution in [3.05, 3.63) is 59.7 Å². The highest BCUT2D eigenvalue weighted by atomic mass is 16.5. The van der Waals surface area contributed by atoms with Gasteiger partial charge in [-0.3, -0.25) is 9.59 Å². The van der Waals surface area contributed by atoms with Crippen LogP contribution in [0.25, 0.3) is 11.1 Å². The van der Waals surface area contributed by atoms with Crippen molar-refractivity contribution >= 4 is 18.0 Å². The van der Waals surface area contributed by atoms with Gasteiger partial charge in [0.25, 0.3) is 0 Å². The third-order valence-corrected chi connectivity index (χ3v) is 8.21. The minimum Gasteiger partial charge on any atom is -0.481 e. The molecule has 3 aliphatic rings. The molecule has 0 radical (unpaired) electrons. The fourth-order valence-corrected chi connectivity index (χ4v) is 5.95. The summed E-state index contributed by atoms with van der Waals surface area (Å²) in [5.74, 6) is -1.11. The molecule has 2 amide bonds. The lowest BCUT2D eigenvalue weighted by molar-refractivity contribution is -0.154. The Morgan fingerprint density at radius 3 is 2.17 bits per heavy atom. The highest BCUT2D eigenvalue weighted by Crippen LogP contribution is 2.44. The Morgan fingerprint density at radius 2 is 1.57 bits per heavy atom. The molecule has 0 unspecified atom stereocenters. The SMILES string of the molecule is O=C(NC[C@@H]1CCC[C@@H]1C(=O)NCC1(C(=O)O)CCC1)OCC1c2ccccc2-c2ccccc21. The normalized spacial score (nSPS) is 21.9. The molecule has 7 nitrogen and oxygen atoms in total. The topological polar surface area (TPSA) is 105 Å². The third kappa shape index (κ3) is 4.51. The predicted octanol–water partition coefficient (Wildman–Crippen LogP) is 4.31. The van der Waals surface area contributed by atoms with Crippen molar-refractivity contribution in [1.29, 1.82) is 0 Å². The van der Waals surface area contributed by atoms with Gasteiger partial charge in [-0.2, -0.15) is 0 Å². The molecule has 0 heterocycles. The lowest BCUT2D eigenvalue weighted by Crippen LogP contribution is -2.49. The van der Waals surface area contributed by atoms with Crippen LogP contribution < -0.4 is 10.6 Å². The lowest BCUT2D eigenvalue weighted by atomic mass is 9.68. The van der Waals surface area contributed by atoms with Gasteiger partial charge in [-0.25, -0.2) is 4.79 Å². The van der Waals surface area contributed by atoms with Crippen molar-refractivity contribution in [1.82, 2.24) is 10.6 Å². The fraction of sp³-hybridized carbons (Fsp3) is 0.464. The smallest absolute Gasteiger partial charge is 0.407 e. The van der Waals surface area contributed by atoms with E-state index in [2.05, 4.69) is 34.9 Å². The van der Waals surface area contributed by atoms with Gasteiger partial charge in [0.15, 0.2) is 0 Å². The number of amides is 2. The van der Waals surface area contributed by atoms with Gasteiger partial charge in [-0.05, 0) is 53.9 Å². The van der Waals surface area contributed by atoms with Crippen LogP contribution in [0.4, 0.5) is 4.79 Å². The summed E-state index contributed by atoms with van der Waals surface area (Å²) in [5.41, 5.74) is 3.90. The van der Waals surface area contributed by atoms with E-state index in [0.717, 1.165) is 25.7 Å². The molecule has 5 rings (SSSR count). The maximum Gasteiger partial charge on any atom is 0.407 e. The van der Waals surface area contributed by atoms with E-state index in [1.54, 1.807) is 0 Å². The molecule has 3 N–H and O–H groups in total. The van der Waals surface area contributed by atoms with Crippen molar-refractivity contribution in [2.75, 3.05) is 19.7 Å². The summed E-state index contributed by atoms with van der Waals surface area (Å²) in [6, 6.07) is 16.4. The van der Waals surface area contributed by atoms with E-state index >= 15 is 0 Å². The molecule has 184 valence electrons. The summed E-state index contributed by atoms with van der Waals surface area (Å²) in [6.07, 6.45) is 4.16. The number of rotatable bonds is 8. The molecule has 0 bridgehead atoms. The van der Waals surface area contributed by atoms with Crippen LogP contribution >= 0.6 is 0 Å². The zero-order chi connectivity index (χ0) is 24.4. The summed E-state index contributed by atoms with van der Waals surface area (Å²) >= 11 is 0. The molecule has 2 aromatic rings. The first-order valence-corrected chi connectivity index (χ1v) is 12.6. The van der Waals surface area contributed by atoms with Gasteiger partial charge in [-0.1, -0.05) is 61.4 Å². The monoisotopic (exact) mass is 476 g/mol. The molecular weight excluding hydrogens is 444 g/mol. The molecular formula is C28H32N2O5. The number of nitrogens with one attached hydrogen (secondary N) is 2. The Labute approximate surface area is 205 Å². The Hall–Kier alpha value is -3.35. The van der Waals surface area contributed by atoms with E-state index < -0.39 is 17.5 Å². The van der Waals surface area contributed by atoms with Crippen LogP contribution in [0.15, 0.2) is 48.5 Å². The second-order valence-corrected chi connectivity index (χ2v) is 10.2. The number of carboxylic acids is 1. The number of aliphatic carboxylic acids is 1. The summed E-state index contributed by atoms with van der Waals surface area (Å²) in [5, 5.41) is 15.2. The molecule has 7 heteroatoms. The van der Waals surface area contributed by atoms with Crippen LogP contribution in [0.5, 0.6) is 0 Å². The minimum absolute atomic E-state index is 0.00576. The standard InChI is InChI=1S/C28H32N2O5/c31-25(30-17-28(26(32)33)13-6-14-28)19-12-5-7-18(19)15-29-27(34)35-16-24-22-10-3-1-8-20(22)21-9-2-4-11-23(21)24/h1-4,8-11,18-19,24H,5-7,12-17H2,(H,29,34)(H,30,31)(H,32,33)/t18-,19-/m0/s1. The van der Waals surface area contributed by atoms with E-state index in [4.69, 9.17) is 4.74 Å². The maximum atomic E-state index is 12.8. The lowest BCUT2D eigenvalue weighted by Gasteiger charge is -2.38. The van der Waals surface area contributed by atoms with E-state index in [1.807, 2.05) is 24.3 Å². The number of hydrogen-bond acceptors (Lipinski definition) is 4. The largest absolute Gasteiger partial charge is 0.481 e. The molecule has 2 fully saturated rings. The molecule has 0 aliphatic heterocycles. The number of alkyl carbamates (subject to hydrolysis) is 1. The van der Waals surface area contributed by atoms with Crippen molar-refractivity contribution in [2.24, 2.45) is 17.3 Å². The average Bonchev–Trinajstić information content (AvgIpc) is 3.43. The molecule has 0 saturated heterocycles. The van der Waals surface area contributed by atoms with Crippen LogP contribution in [-0.4, -0.2) is 42.8 Å². The summed E-state index contributed by atoms with van der Waals surface area (Å²) in [4.78, 5) is 36.9. The summed E-state index contributed by atoms with van der Waals surface area (Å²) in [6.45, 7) is 0.814. The second kappa shape index (κ2) is 9.72. The Balaban J connectivity index is 1.12. The van der Waals surface area contributed by atoms with Gasteiger partial charge in [0.1, 0.15) is 6.61 Å². The molecule has 35 heavy (non-hydrogen) atoms. The average molecular weight is 477 g/mol. The van der Waals surface area contributed by atoms with Crippen molar-refractivity contribution < 1.29 is 24.2 Å². The van der Waals surface area contributed by atoms with Crippen LogP contribution in [-0.2, 0) is 14.3 Å². The van der Waals surface area contributed by atoms with Gasteiger partial charge in [0.2, 0.25) is 5.91 Å². The number of ether oxygens (including phenoxy) is 1. The quantitative estimate of drug-likeness (QED) is 0.527. The van der Waals surface area contributed by atoms with Gasteiger partial charge in [0, 0.05) is 24.9 Å². The number of carboxylic acid groups (broad SMARTS) is 1. The first kappa shape index (κ1) is 23.4. The maximum absolute atomic E-state index is 12.8. The first-order chi connectivity index (χ1) is 17.0. The molecule has 2 atom stereocenters. The summed E-state index contributed by atoms with van der Waals surface area (Å²) in [7, 11) is 0. The molecule has 3 aliphatic carbocycles. The minimum atomic E-state index is -0.830. The van der Waals surface area contributed by atoms with Crippen LogP contribution in [0.3, 0.4) is 0 Å². The molecule has 2 saturated carbocycles. The van der Waals surface area contributed by atoms with Gasteiger partial charge >= 0.3 is 12.1 Å². The van der Waals surface area contributed by atoms with Crippen molar-refractivity contribution in [3.8, 4) is 11.1 Å². The third-order valence-electron chi connectivity index (χ3n) is 8.21. The van der Waals surface area contributed by atoms with Gasteiger partial charge < -0.3 is 20.5 Å². The first-order valence-electron chi connectivity index (χ1n) is 12.6. The molecule has 0 spiro atoms. The van der Waals surface area contributed by atoms with E-state index in [-0.39, 0.29) is 36.8 Å². The molecule has 2 aromatic carbocycles. The Kier molecular flexibility index (Phi) is 6.50. The summed E-state index contributed by atoms with van der Waals surface area (Å²) < 4.78 is 5.62. The number of carbonyl (C=O) groups excluding carboxylic acids is 2. The Morgan fingerprint density at radius 1 is 0.914 bits per heavy atom. The zero-order valence-corrected chi connectivity index (χ0v) is 19.8. The van der Waals surface area contributed by atoms with Crippen LogP contribution in [0.2, 0.25) is 0 Å². The number of fused-ring (bicyclic) bond motifs is 3. The van der Waals surface area contributed by atoms with Gasteiger partial charge in [0.05, 0.1) is 5.41 Å². The predicted molar refractivity (Wildman–Crippen MR) is 131 cm³/mol. The van der Waals surface area contributed by atoms with E-state index in [1.165, 1.54) is 22.3 Å². The van der Waals surface area contributed by atoms with Crippen LogP contribution in [0, 0.1) is 17.3 Å². The van der Waals surface area contributed by atoms with E-state index in [9.17, 15) is 19.5 Å². The van der Waals surface area contributed by atoms with Crippen molar-refractivity contribution in [3.63, 3.8) is 0 Å².